The van der Waals surface area contributed by atoms with Gasteiger partial charge < -0.3 is 19.7 Å². The van der Waals surface area contributed by atoms with Crippen molar-refractivity contribution in [2.75, 3.05) is 13.2 Å². The molecular weight excluding hydrogens is 624 g/mol. The lowest BCUT2D eigenvalue weighted by atomic mass is 10.0. The first kappa shape index (κ1) is 47.8. The molecule has 290 valence electrons. The Balaban J connectivity index is 3.59. The first-order valence-corrected chi connectivity index (χ1v) is 20.8. The van der Waals surface area contributed by atoms with E-state index >= 15 is 0 Å². The largest absolute Gasteiger partial charge is 0.463 e. The summed E-state index contributed by atoms with van der Waals surface area (Å²) in [6.45, 7) is 4.11. The SMILES string of the molecule is CCCCC/C=C\C/C=C\C/C=C\C=C\[C@@H](O)CCCC(=O)OC[C@@H](O)COC(=O)CCCCCCCCCCCCCCCCCCCC. The van der Waals surface area contributed by atoms with Crippen molar-refractivity contribution in [3.63, 3.8) is 0 Å². The number of rotatable bonds is 37. The Kier molecular flexibility index (Phi) is 37.9. The Morgan fingerprint density at radius 2 is 0.920 bits per heavy atom. The van der Waals surface area contributed by atoms with E-state index in [2.05, 4.69) is 38.2 Å². The molecule has 0 fully saturated rings. The van der Waals surface area contributed by atoms with Crippen LogP contribution in [0.15, 0.2) is 48.6 Å². The molecule has 0 heterocycles. The van der Waals surface area contributed by atoms with E-state index in [0.717, 1.165) is 38.5 Å². The van der Waals surface area contributed by atoms with E-state index in [0.29, 0.717) is 19.3 Å². The van der Waals surface area contributed by atoms with Crippen LogP contribution in [-0.2, 0) is 19.1 Å². The minimum atomic E-state index is -1.04. The van der Waals surface area contributed by atoms with Crippen molar-refractivity contribution in [3.8, 4) is 0 Å². The average Bonchev–Trinajstić information content (AvgIpc) is 3.11. The van der Waals surface area contributed by atoms with Crippen LogP contribution in [0.1, 0.15) is 194 Å². The summed E-state index contributed by atoms with van der Waals surface area (Å²) in [6, 6.07) is 0. The summed E-state index contributed by atoms with van der Waals surface area (Å²) in [5.74, 6) is -0.756. The molecule has 0 aliphatic rings. The van der Waals surface area contributed by atoms with Crippen molar-refractivity contribution >= 4 is 11.9 Å². The lowest BCUT2D eigenvalue weighted by Gasteiger charge is -2.12. The van der Waals surface area contributed by atoms with E-state index in [1.807, 2.05) is 18.2 Å². The number of aliphatic hydroxyl groups excluding tert-OH is 2. The number of hydrogen-bond acceptors (Lipinski definition) is 6. The lowest BCUT2D eigenvalue weighted by Crippen LogP contribution is -2.25. The minimum Gasteiger partial charge on any atom is -0.463 e. The number of hydrogen-bond donors (Lipinski definition) is 2. The zero-order chi connectivity index (χ0) is 36.6. The molecule has 0 aromatic rings. The summed E-state index contributed by atoms with van der Waals surface area (Å²) in [5, 5.41) is 20.1. The van der Waals surface area contributed by atoms with Gasteiger partial charge in [0.15, 0.2) is 0 Å². The molecule has 0 spiro atoms. The Bertz CT molecular complexity index is 861. The van der Waals surface area contributed by atoms with E-state index in [1.165, 1.54) is 116 Å². The van der Waals surface area contributed by atoms with Crippen LogP contribution in [0.25, 0.3) is 0 Å². The predicted octanol–water partition coefficient (Wildman–Crippen LogP) is 12.0. The third-order valence-corrected chi connectivity index (χ3v) is 8.92. The number of carbonyl (C=O) groups is 2. The van der Waals surface area contributed by atoms with Crippen LogP contribution in [-0.4, -0.2) is 47.6 Å². The highest BCUT2D eigenvalue weighted by Gasteiger charge is 2.12. The zero-order valence-corrected chi connectivity index (χ0v) is 32.5. The van der Waals surface area contributed by atoms with E-state index in [4.69, 9.17) is 9.47 Å². The molecule has 0 aliphatic heterocycles. The highest BCUT2D eigenvalue weighted by atomic mass is 16.6. The lowest BCUT2D eigenvalue weighted by molar-refractivity contribution is -0.152. The summed E-state index contributed by atoms with van der Waals surface area (Å²) >= 11 is 0. The molecule has 0 radical (unpaired) electrons. The molecule has 6 nitrogen and oxygen atoms in total. The molecule has 0 bridgehead atoms. The van der Waals surface area contributed by atoms with E-state index < -0.39 is 18.2 Å². The highest BCUT2D eigenvalue weighted by molar-refractivity contribution is 5.69. The molecule has 0 aliphatic carbocycles. The fraction of sp³-hybridized carbons (Fsp3) is 0.773. The number of aliphatic hydroxyl groups is 2. The first-order chi connectivity index (χ1) is 24.5. The topological polar surface area (TPSA) is 93.1 Å². The standard InChI is InChI=1S/C44H78O6/c1-3-5-7-9-11-13-15-17-18-19-20-21-23-25-27-29-31-33-37-43(47)49-39-42(46)40-50-44(48)38-34-36-41(45)35-32-30-28-26-24-22-16-14-12-10-8-6-4-2/h12,14,22,24,28,30,32,35,41-42,45-46H,3-11,13,15-21,23,25-27,29,31,33-34,36-40H2,1-2H3/b14-12-,24-22-,30-28-,35-32+/t41-,42+/m1/s1. The molecule has 0 saturated carbocycles. The van der Waals surface area contributed by atoms with Crippen LogP contribution in [0.3, 0.4) is 0 Å². The van der Waals surface area contributed by atoms with Gasteiger partial charge in [0.05, 0.1) is 6.10 Å². The van der Waals surface area contributed by atoms with Crippen molar-refractivity contribution in [1.82, 2.24) is 0 Å². The molecule has 0 rings (SSSR count). The number of ether oxygens (including phenoxy) is 2. The van der Waals surface area contributed by atoms with Gasteiger partial charge in [-0.1, -0.05) is 184 Å². The van der Waals surface area contributed by atoms with Gasteiger partial charge in [0.2, 0.25) is 0 Å². The molecule has 2 atom stereocenters. The second-order valence-corrected chi connectivity index (χ2v) is 14.0. The van der Waals surface area contributed by atoms with Crippen LogP contribution >= 0.6 is 0 Å². The molecule has 6 heteroatoms. The summed E-state index contributed by atoms with van der Waals surface area (Å²) < 4.78 is 10.2. The third-order valence-electron chi connectivity index (χ3n) is 8.92. The number of esters is 2. The van der Waals surface area contributed by atoms with Gasteiger partial charge in [-0.3, -0.25) is 9.59 Å². The van der Waals surface area contributed by atoms with Gasteiger partial charge in [-0.05, 0) is 44.9 Å². The number of unbranched alkanes of at least 4 members (excludes halogenated alkanes) is 20. The van der Waals surface area contributed by atoms with E-state index in [-0.39, 0.29) is 25.6 Å². The maximum absolute atomic E-state index is 12.0. The van der Waals surface area contributed by atoms with Crippen LogP contribution in [0.4, 0.5) is 0 Å². The second-order valence-electron chi connectivity index (χ2n) is 14.0. The van der Waals surface area contributed by atoms with Crippen molar-refractivity contribution < 1.29 is 29.3 Å². The quantitative estimate of drug-likeness (QED) is 0.0290. The Morgan fingerprint density at radius 1 is 0.500 bits per heavy atom. The van der Waals surface area contributed by atoms with Crippen LogP contribution in [0.5, 0.6) is 0 Å². The third kappa shape index (κ3) is 38.6. The van der Waals surface area contributed by atoms with Gasteiger partial charge >= 0.3 is 11.9 Å². The summed E-state index contributed by atoms with van der Waals surface area (Å²) in [4.78, 5) is 24.0. The van der Waals surface area contributed by atoms with Crippen LogP contribution < -0.4 is 0 Å². The second kappa shape index (κ2) is 39.6. The smallest absolute Gasteiger partial charge is 0.305 e. The van der Waals surface area contributed by atoms with Crippen LogP contribution in [0, 0.1) is 0 Å². The average molecular weight is 703 g/mol. The molecule has 0 amide bonds. The molecular formula is C44H78O6. The van der Waals surface area contributed by atoms with Crippen molar-refractivity contribution in [1.29, 1.82) is 0 Å². The van der Waals surface area contributed by atoms with Crippen molar-refractivity contribution in [2.45, 2.75) is 206 Å². The Morgan fingerprint density at radius 3 is 1.44 bits per heavy atom. The van der Waals surface area contributed by atoms with E-state index in [9.17, 15) is 19.8 Å². The van der Waals surface area contributed by atoms with Gasteiger partial charge in [0, 0.05) is 12.8 Å². The maximum atomic E-state index is 12.0. The van der Waals surface area contributed by atoms with Crippen molar-refractivity contribution in [2.24, 2.45) is 0 Å². The van der Waals surface area contributed by atoms with Gasteiger partial charge in [-0.2, -0.15) is 0 Å². The molecule has 50 heavy (non-hydrogen) atoms. The van der Waals surface area contributed by atoms with Gasteiger partial charge in [-0.15, -0.1) is 0 Å². The maximum Gasteiger partial charge on any atom is 0.305 e. The molecule has 0 unspecified atom stereocenters. The monoisotopic (exact) mass is 703 g/mol. The van der Waals surface area contributed by atoms with Gasteiger partial charge in [0.1, 0.15) is 19.3 Å². The van der Waals surface area contributed by atoms with Gasteiger partial charge in [0.25, 0.3) is 0 Å². The summed E-state index contributed by atoms with van der Waals surface area (Å²) in [6.07, 6.45) is 46.3. The van der Waals surface area contributed by atoms with Gasteiger partial charge in [-0.25, -0.2) is 0 Å². The van der Waals surface area contributed by atoms with E-state index in [1.54, 1.807) is 6.08 Å². The molecule has 0 aromatic carbocycles. The summed E-state index contributed by atoms with van der Waals surface area (Å²) in [5.41, 5.74) is 0. The number of carbonyl (C=O) groups excluding carboxylic acids is 2. The minimum absolute atomic E-state index is 0.157. The Hall–Kier alpha value is -2.18. The zero-order valence-electron chi connectivity index (χ0n) is 32.5. The normalized spacial score (nSPS) is 13.3. The Labute approximate surface area is 308 Å². The predicted molar refractivity (Wildman–Crippen MR) is 211 cm³/mol. The number of allylic oxidation sites excluding steroid dienone is 7. The highest BCUT2D eigenvalue weighted by Crippen LogP contribution is 2.15. The summed E-state index contributed by atoms with van der Waals surface area (Å²) in [7, 11) is 0. The molecule has 2 N–H and O–H groups in total. The fourth-order valence-corrected chi connectivity index (χ4v) is 5.72. The molecule has 0 aromatic heterocycles. The van der Waals surface area contributed by atoms with Crippen LogP contribution in [0.2, 0.25) is 0 Å². The molecule has 0 saturated heterocycles. The first-order valence-electron chi connectivity index (χ1n) is 20.8. The fourth-order valence-electron chi connectivity index (χ4n) is 5.72. The van der Waals surface area contributed by atoms with Crippen molar-refractivity contribution in [3.05, 3.63) is 48.6 Å².